The molecule has 1 rings (SSSR count). The molecule has 0 atom stereocenters. The fraction of sp³-hybridized carbons (Fsp3) is 0.444. The summed E-state index contributed by atoms with van der Waals surface area (Å²) in [5, 5.41) is 11.5. The third kappa shape index (κ3) is 4.13. The summed E-state index contributed by atoms with van der Waals surface area (Å²) in [6, 6.07) is 0. The number of primary amides is 1. The van der Waals surface area contributed by atoms with Crippen molar-refractivity contribution in [1.82, 2.24) is 15.3 Å². The van der Waals surface area contributed by atoms with Gasteiger partial charge in [-0.1, -0.05) is 4.98 Å². The number of imidazole rings is 1. The molecule has 0 aliphatic carbocycles. The Bertz CT molecular complexity index is 603. The minimum Gasteiger partial charge on any atom is -0.390 e. The van der Waals surface area contributed by atoms with E-state index in [1.54, 1.807) is 0 Å². The molecule has 2 amide bonds. The quantitative estimate of drug-likeness (QED) is 0.359. The average molecular weight is 327 g/mol. The van der Waals surface area contributed by atoms with Crippen molar-refractivity contribution in [3.63, 3.8) is 0 Å². The number of rotatable bonds is 7. The minimum absolute atomic E-state index is 0.450. The number of carbonyl (C=O) groups is 2. The molecule has 0 aliphatic heterocycles. The second kappa shape index (κ2) is 5.95. The van der Waals surface area contributed by atoms with Crippen LogP contribution in [0.3, 0.4) is 0 Å². The number of H-pyrrole nitrogens is 1. The molecule has 0 bridgehead atoms. The van der Waals surface area contributed by atoms with Gasteiger partial charge in [0.25, 0.3) is 11.8 Å². The predicted octanol–water partition coefficient (Wildman–Crippen LogP) is -0.268. The molecule has 122 valence electrons. The lowest BCUT2D eigenvalue weighted by Crippen LogP contribution is -2.50. The Morgan fingerprint density at radius 3 is 2.41 bits per heavy atom. The second-order valence-corrected chi connectivity index (χ2v) is 4.12. The van der Waals surface area contributed by atoms with Gasteiger partial charge >= 0.3 is 17.8 Å². The molecule has 0 fully saturated rings. The molecule has 0 spiro atoms. The summed E-state index contributed by atoms with van der Waals surface area (Å²) < 4.78 is 52.6. The van der Waals surface area contributed by atoms with E-state index in [-0.39, 0.29) is 0 Å². The number of halogens is 4. The highest BCUT2D eigenvalue weighted by molar-refractivity contribution is 5.86. The maximum atomic E-state index is 13.5. The molecule has 1 aromatic heterocycles. The van der Waals surface area contributed by atoms with Crippen LogP contribution in [0.1, 0.15) is 5.69 Å². The molecule has 1 aromatic rings. The Balaban J connectivity index is 2.70. The molecule has 9 nitrogen and oxygen atoms in total. The first-order valence-corrected chi connectivity index (χ1v) is 5.48. The summed E-state index contributed by atoms with van der Waals surface area (Å²) in [7, 11) is 0. The second-order valence-electron chi connectivity index (χ2n) is 4.12. The minimum atomic E-state index is -4.18. The van der Waals surface area contributed by atoms with E-state index in [0.29, 0.717) is 6.20 Å². The van der Waals surface area contributed by atoms with Gasteiger partial charge in [0.2, 0.25) is 0 Å². The lowest BCUT2D eigenvalue weighted by Gasteiger charge is -2.17. The molecular weight excluding hydrogens is 318 g/mol. The number of nitrogens with one attached hydrogen (secondary N) is 2. The van der Waals surface area contributed by atoms with E-state index in [4.69, 9.17) is 0 Å². The zero-order valence-electron chi connectivity index (χ0n) is 10.6. The van der Waals surface area contributed by atoms with E-state index >= 15 is 0 Å². The van der Waals surface area contributed by atoms with Crippen LogP contribution in [0.5, 0.6) is 0 Å². The van der Waals surface area contributed by atoms with Gasteiger partial charge in [0, 0.05) is 0 Å². The van der Waals surface area contributed by atoms with Gasteiger partial charge in [-0.25, -0.2) is 4.98 Å². The van der Waals surface area contributed by atoms with Crippen molar-refractivity contribution in [2.24, 2.45) is 5.73 Å². The molecule has 0 unspecified atom stereocenters. The monoisotopic (exact) mass is 327 g/mol. The summed E-state index contributed by atoms with van der Waals surface area (Å²) in [6.07, 6.45) is -0.626. The van der Waals surface area contributed by atoms with Crippen LogP contribution < -0.4 is 11.1 Å². The van der Waals surface area contributed by atoms with Gasteiger partial charge in [0.1, 0.15) is 11.9 Å². The van der Waals surface area contributed by atoms with Gasteiger partial charge < -0.3 is 21.2 Å². The summed E-state index contributed by atoms with van der Waals surface area (Å²) in [4.78, 5) is 35.9. The van der Waals surface area contributed by atoms with Crippen LogP contribution in [0.15, 0.2) is 6.20 Å². The van der Waals surface area contributed by atoms with Gasteiger partial charge in [0.05, 0.1) is 13.0 Å². The number of aromatic nitrogens is 2. The molecule has 0 radical (unpaired) electrons. The standard InChI is InChI=1S/C9H9F4N5O4/c10-8(11,1-4-2-15-7(17-4)18(21)22)6(20)16-3-9(12,13)5(14)19/h2H,1,3H2,(H2,14,19)(H,15,17)(H,16,20). The van der Waals surface area contributed by atoms with Crippen molar-refractivity contribution in [3.05, 3.63) is 22.0 Å². The molecule has 0 aliphatic rings. The Hall–Kier alpha value is -2.73. The average Bonchev–Trinajstić information content (AvgIpc) is 2.83. The van der Waals surface area contributed by atoms with Crippen LogP contribution in [0.4, 0.5) is 23.5 Å². The number of hydrogen-bond donors (Lipinski definition) is 3. The van der Waals surface area contributed by atoms with Crippen molar-refractivity contribution in [2.45, 2.75) is 18.3 Å². The fourth-order valence-electron chi connectivity index (χ4n) is 1.26. The highest BCUT2D eigenvalue weighted by atomic mass is 19.3. The zero-order valence-corrected chi connectivity index (χ0v) is 10.6. The number of nitrogens with two attached hydrogens (primary N) is 1. The van der Waals surface area contributed by atoms with Crippen LogP contribution in [-0.2, 0) is 16.0 Å². The maximum absolute atomic E-state index is 13.5. The zero-order chi connectivity index (χ0) is 17.1. The highest BCUT2D eigenvalue weighted by Gasteiger charge is 2.44. The van der Waals surface area contributed by atoms with E-state index < -0.39 is 53.2 Å². The van der Waals surface area contributed by atoms with Crippen molar-refractivity contribution in [3.8, 4) is 0 Å². The molecule has 0 saturated heterocycles. The Labute approximate surface area is 119 Å². The Kier molecular flexibility index (Phi) is 4.68. The number of nitrogens with zero attached hydrogens (tertiary/aromatic N) is 2. The Morgan fingerprint density at radius 1 is 1.36 bits per heavy atom. The van der Waals surface area contributed by atoms with Crippen molar-refractivity contribution < 1.29 is 32.1 Å². The van der Waals surface area contributed by atoms with Gasteiger partial charge in [-0.3, -0.25) is 9.59 Å². The third-order valence-electron chi connectivity index (χ3n) is 2.36. The van der Waals surface area contributed by atoms with E-state index in [1.807, 2.05) is 4.98 Å². The van der Waals surface area contributed by atoms with Gasteiger partial charge in [0.15, 0.2) is 0 Å². The van der Waals surface area contributed by atoms with Gasteiger partial charge in [-0.2, -0.15) is 17.6 Å². The van der Waals surface area contributed by atoms with E-state index in [9.17, 15) is 37.3 Å². The molecule has 1 heterocycles. The molecule has 0 saturated carbocycles. The van der Waals surface area contributed by atoms with E-state index in [2.05, 4.69) is 10.7 Å². The number of nitro groups is 1. The van der Waals surface area contributed by atoms with Gasteiger partial charge in [-0.05, 0) is 4.92 Å². The number of hydrogen-bond acceptors (Lipinski definition) is 5. The fourth-order valence-corrected chi connectivity index (χ4v) is 1.26. The Morgan fingerprint density at radius 2 is 1.95 bits per heavy atom. The number of carbonyl (C=O) groups excluding carboxylic acids is 2. The van der Waals surface area contributed by atoms with Crippen molar-refractivity contribution >= 4 is 17.8 Å². The maximum Gasteiger partial charge on any atom is 0.432 e. The molecular formula is C9H9F4N5O4. The molecule has 4 N–H and O–H groups in total. The predicted molar refractivity (Wildman–Crippen MR) is 61.0 cm³/mol. The lowest BCUT2D eigenvalue weighted by atomic mass is 10.2. The van der Waals surface area contributed by atoms with Crippen LogP contribution in [0, 0.1) is 10.1 Å². The highest BCUT2D eigenvalue weighted by Crippen LogP contribution is 2.21. The molecule has 0 aromatic carbocycles. The van der Waals surface area contributed by atoms with Crippen molar-refractivity contribution in [1.29, 1.82) is 0 Å². The number of amides is 2. The van der Waals surface area contributed by atoms with Crippen LogP contribution in [0.2, 0.25) is 0 Å². The molecule has 13 heteroatoms. The topological polar surface area (TPSA) is 144 Å². The first kappa shape index (κ1) is 17.3. The third-order valence-corrected chi connectivity index (χ3v) is 2.36. The van der Waals surface area contributed by atoms with Crippen LogP contribution >= 0.6 is 0 Å². The summed E-state index contributed by atoms with van der Waals surface area (Å²) in [5.41, 5.74) is 3.86. The summed E-state index contributed by atoms with van der Waals surface area (Å²) >= 11 is 0. The largest absolute Gasteiger partial charge is 0.432 e. The summed E-state index contributed by atoms with van der Waals surface area (Å²) in [5.74, 6) is -13.3. The molecule has 22 heavy (non-hydrogen) atoms. The normalized spacial score (nSPS) is 12.0. The van der Waals surface area contributed by atoms with E-state index in [1.165, 1.54) is 5.32 Å². The first-order valence-electron chi connectivity index (χ1n) is 5.48. The number of alkyl halides is 4. The summed E-state index contributed by atoms with van der Waals surface area (Å²) in [6.45, 7) is -1.69. The van der Waals surface area contributed by atoms with Crippen LogP contribution in [0.25, 0.3) is 0 Å². The lowest BCUT2D eigenvalue weighted by molar-refractivity contribution is -0.393. The smallest absolute Gasteiger partial charge is 0.390 e. The van der Waals surface area contributed by atoms with E-state index in [0.717, 1.165) is 0 Å². The van der Waals surface area contributed by atoms with Crippen molar-refractivity contribution in [2.75, 3.05) is 6.54 Å². The SMILES string of the molecule is NC(=O)C(F)(F)CNC(=O)C(F)(F)Cc1cnc([N+](=O)[O-])[nH]1. The van der Waals surface area contributed by atoms with Crippen LogP contribution in [-0.4, -0.2) is 45.1 Å². The number of aromatic amines is 1. The van der Waals surface area contributed by atoms with Gasteiger partial charge in [-0.15, -0.1) is 0 Å². The first-order chi connectivity index (χ1) is 9.95.